The van der Waals surface area contributed by atoms with Crippen LogP contribution in [-0.4, -0.2) is 5.78 Å². The van der Waals surface area contributed by atoms with Crippen LogP contribution in [0.15, 0.2) is 42.5 Å². The highest BCUT2D eigenvalue weighted by molar-refractivity contribution is 6.01. The molecule has 1 aliphatic rings. The van der Waals surface area contributed by atoms with Gasteiger partial charge in [-0.25, -0.2) is 0 Å². The number of carbonyl (C=O) groups is 1. The molecule has 1 heteroatoms. The summed E-state index contributed by atoms with van der Waals surface area (Å²) in [6.07, 6.45) is 6.11. The van der Waals surface area contributed by atoms with E-state index in [0.29, 0.717) is 0 Å². The fraction of sp³-hybridized carbons (Fsp3) is 0.308. The topological polar surface area (TPSA) is 17.1 Å². The number of rotatable bonds is 2. The lowest BCUT2D eigenvalue weighted by atomic mass is 9.82. The predicted octanol–water partition coefficient (Wildman–Crippen LogP) is 3.23. The second-order valence-corrected chi connectivity index (χ2v) is 4.05. The molecule has 0 radical (unpaired) electrons. The highest BCUT2D eigenvalue weighted by atomic mass is 16.1. The molecule has 0 fully saturated rings. The average molecular weight is 186 g/mol. The molecule has 0 aliphatic heterocycles. The molecule has 1 unspecified atom stereocenters. The summed E-state index contributed by atoms with van der Waals surface area (Å²) in [6.45, 7) is 2.02. The first-order chi connectivity index (χ1) is 6.72. The molecule has 0 amide bonds. The Hall–Kier alpha value is -1.37. The van der Waals surface area contributed by atoms with E-state index < -0.39 is 0 Å². The molecule has 0 aromatic heterocycles. The summed E-state index contributed by atoms with van der Waals surface area (Å²) in [4.78, 5) is 12.1. The first-order valence-corrected chi connectivity index (χ1v) is 5.00. The van der Waals surface area contributed by atoms with Gasteiger partial charge in [-0.1, -0.05) is 42.5 Å². The van der Waals surface area contributed by atoms with E-state index in [1.54, 1.807) is 0 Å². The molecular weight excluding hydrogens is 172 g/mol. The van der Waals surface area contributed by atoms with Crippen molar-refractivity contribution < 1.29 is 4.79 Å². The largest absolute Gasteiger partial charge is 0.293 e. The summed E-state index contributed by atoms with van der Waals surface area (Å²) in [5.41, 5.74) is 0.558. The van der Waals surface area contributed by atoms with E-state index in [2.05, 4.69) is 6.08 Å². The molecule has 14 heavy (non-hydrogen) atoms. The Kier molecular flexibility index (Phi) is 2.24. The van der Waals surface area contributed by atoms with Gasteiger partial charge in [0.1, 0.15) is 0 Å². The van der Waals surface area contributed by atoms with Crippen LogP contribution in [0.1, 0.15) is 30.1 Å². The van der Waals surface area contributed by atoms with E-state index >= 15 is 0 Å². The van der Waals surface area contributed by atoms with Gasteiger partial charge < -0.3 is 0 Å². The van der Waals surface area contributed by atoms with Crippen LogP contribution >= 0.6 is 0 Å². The van der Waals surface area contributed by atoms with Gasteiger partial charge in [-0.2, -0.15) is 0 Å². The maximum Gasteiger partial charge on any atom is 0.172 e. The van der Waals surface area contributed by atoms with E-state index in [9.17, 15) is 4.79 Å². The number of ketones is 1. The van der Waals surface area contributed by atoms with Gasteiger partial charge in [0, 0.05) is 11.0 Å². The van der Waals surface area contributed by atoms with Crippen molar-refractivity contribution in [3.05, 3.63) is 48.0 Å². The van der Waals surface area contributed by atoms with Gasteiger partial charge in [0.2, 0.25) is 0 Å². The van der Waals surface area contributed by atoms with Crippen LogP contribution in [0.3, 0.4) is 0 Å². The van der Waals surface area contributed by atoms with Gasteiger partial charge in [0.05, 0.1) is 0 Å². The maximum absolute atomic E-state index is 12.1. The number of benzene rings is 1. The third-order valence-electron chi connectivity index (χ3n) is 2.87. The van der Waals surface area contributed by atoms with Gasteiger partial charge in [0.15, 0.2) is 5.78 Å². The Morgan fingerprint density at radius 3 is 2.57 bits per heavy atom. The lowest BCUT2D eigenvalue weighted by Gasteiger charge is -2.19. The molecule has 0 N–H and O–H groups in total. The van der Waals surface area contributed by atoms with Crippen LogP contribution in [0, 0.1) is 5.41 Å². The average Bonchev–Trinajstić information content (AvgIpc) is 2.67. The highest BCUT2D eigenvalue weighted by Gasteiger charge is 2.32. The van der Waals surface area contributed by atoms with E-state index in [4.69, 9.17) is 0 Å². The number of Topliss-reactive ketones (excluding diaryl/α,β-unsaturated/α-hetero) is 1. The number of hydrogen-bond donors (Lipinski definition) is 0. The van der Waals surface area contributed by atoms with Gasteiger partial charge in [-0.15, -0.1) is 0 Å². The Labute approximate surface area is 84.5 Å². The Balaban J connectivity index is 2.29. The Bertz CT molecular complexity index is 364. The van der Waals surface area contributed by atoms with Crippen molar-refractivity contribution in [2.45, 2.75) is 19.8 Å². The fourth-order valence-corrected chi connectivity index (χ4v) is 1.92. The van der Waals surface area contributed by atoms with Crippen molar-refractivity contribution in [2.24, 2.45) is 5.41 Å². The van der Waals surface area contributed by atoms with Crippen LogP contribution in [-0.2, 0) is 0 Å². The van der Waals surface area contributed by atoms with Crippen molar-refractivity contribution in [3.8, 4) is 0 Å². The second-order valence-electron chi connectivity index (χ2n) is 4.05. The molecule has 1 aromatic rings. The summed E-state index contributed by atoms with van der Waals surface area (Å²) >= 11 is 0. The molecule has 0 spiro atoms. The molecular formula is C13H14O. The molecule has 0 bridgehead atoms. The minimum absolute atomic E-state index is 0.242. The standard InChI is InChI=1S/C13H14O/c1-13(9-5-6-10-13)12(14)11-7-3-2-4-8-11/h2-5,7-9H,6,10H2,1H3. The number of allylic oxidation sites excluding steroid dienone is 2. The van der Waals surface area contributed by atoms with Gasteiger partial charge in [-0.05, 0) is 19.8 Å². The summed E-state index contributed by atoms with van der Waals surface area (Å²) in [6, 6.07) is 9.54. The van der Waals surface area contributed by atoms with Gasteiger partial charge >= 0.3 is 0 Å². The summed E-state index contributed by atoms with van der Waals surface area (Å²) < 4.78 is 0. The van der Waals surface area contributed by atoms with Crippen molar-refractivity contribution >= 4 is 5.78 Å². The number of hydrogen-bond acceptors (Lipinski definition) is 1. The van der Waals surface area contributed by atoms with Crippen LogP contribution in [0.4, 0.5) is 0 Å². The van der Waals surface area contributed by atoms with Crippen LogP contribution in [0.25, 0.3) is 0 Å². The third-order valence-corrected chi connectivity index (χ3v) is 2.87. The summed E-state index contributed by atoms with van der Waals surface area (Å²) in [5.74, 6) is 0.242. The molecule has 2 rings (SSSR count). The molecule has 72 valence electrons. The Morgan fingerprint density at radius 2 is 2.00 bits per heavy atom. The highest BCUT2D eigenvalue weighted by Crippen LogP contribution is 2.34. The molecule has 1 aromatic carbocycles. The van der Waals surface area contributed by atoms with Crippen molar-refractivity contribution in [1.82, 2.24) is 0 Å². The zero-order valence-corrected chi connectivity index (χ0v) is 8.36. The lowest BCUT2D eigenvalue weighted by Crippen LogP contribution is -2.23. The van der Waals surface area contributed by atoms with E-state index in [1.807, 2.05) is 43.3 Å². The van der Waals surface area contributed by atoms with Crippen molar-refractivity contribution in [3.63, 3.8) is 0 Å². The quantitative estimate of drug-likeness (QED) is 0.512. The molecule has 1 atom stereocenters. The smallest absolute Gasteiger partial charge is 0.172 e. The van der Waals surface area contributed by atoms with Crippen molar-refractivity contribution in [2.75, 3.05) is 0 Å². The molecule has 1 aliphatic carbocycles. The molecule has 0 heterocycles. The first kappa shape index (κ1) is 9.20. The SMILES string of the molecule is CC1(C(=O)c2ccccc2)C=CCC1. The van der Waals surface area contributed by atoms with Crippen molar-refractivity contribution in [1.29, 1.82) is 0 Å². The van der Waals surface area contributed by atoms with Crippen LogP contribution < -0.4 is 0 Å². The van der Waals surface area contributed by atoms with E-state index in [1.165, 1.54) is 0 Å². The molecule has 0 saturated carbocycles. The fourth-order valence-electron chi connectivity index (χ4n) is 1.92. The third kappa shape index (κ3) is 1.50. The first-order valence-electron chi connectivity index (χ1n) is 5.00. The minimum Gasteiger partial charge on any atom is -0.293 e. The maximum atomic E-state index is 12.1. The van der Waals surface area contributed by atoms with Gasteiger partial charge in [-0.3, -0.25) is 4.79 Å². The summed E-state index contributed by atoms with van der Waals surface area (Å²) in [5, 5.41) is 0. The zero-order chi connectivity index (χ0) is 10.0. The molecule has 1 nitrogen and oxygen atoms in total. The monoisotopic (exact) mass is 186 g/mol. The molecule has 0 saturated heterocycles. The van der Waals surface area contributed by atoms with Crippen LogP contribution in [0.5, 0.6) is 0 Å². The lowest BCUT2D eigenvalue weighted by molar-refractivity contribution is 0.0868. The minimum atomic E-state index is -0.263. The zero-order valence-electron chi connectivity index (χ0n) is 8.36. The normalized spacial score (nSPS) is 25.2. The van der Waals surface area contributed by atoms with Crippen LogP contribution in [0.2, 0.25) is 0 Å². The van der Waals surface area contributed by atoms with E-state index in [0.717, 1.165) is 18.4 Å². The summed E-state index contributed by atoms with van der Waals surface area (Å²) in [7, 11) is 0. The predicted molar refractivity (Wildman–Crippen MR) is 57.3 cm³/mol. The van der Waals surface area contributed by atoms with E-state index in [-0.39, 0.29) is 11.2 Å². The second kappa shape index (κ2) is 3.41. The van der Waals surface area contributed by atoms with Gasteiger partial charge in [0.25, 0.3) is 0 Å². The Morgan fingerprint density at radius 1 is 1.29 bits per heavy atom. The number of carbonyl (C=O) groups excluding carboxylic acids is 1.